The van der Waals surface area contributed by atoms with Crippen LogP contribution in [0.15, 0.2) is 33.9 Å². The lowest BCUT2D eigenvalue weighted by molar-refractivity contribution is -0.120. The maximum atomic E-state index is 12.9. The molecule has 0 aliphatic heterocycles. The Morgan fingerprint density at radius 3 is 3.07 bits per heavy atom. The zero-order valence-electron chi connectivity index (χ0n) is 15.4. The van der Waals surface area contributed by atoms with Gasteiger partial charge in [-0.3, -0.25) is 19.5 Å². The van der Waals surface area contributed by atoms with Crippen molar-refractivity contribution in [1.29, 1.82) is 0 Å². The molecule has 3 aromatic heterocycles. The molecule has 28 heavy (non-hydrogen) atoms. The molecule has 0 fully saturated rings. The molecule has 8 nitrogen and oxygen atoms in total. The van der Waals surface area contributed by atoms with E-state index in [1.165, 1.54) is 22.0 Å². The van der Waals surface area contributed by atoms with E-state index in [1.807, 2.05) is 0 Å². The molecule has 0 spiro atoms. The van der Waals surface area contributed by atoms with Crippen molar-refractivity contribution in [2.24, 2.45) is 5.92 Å². The monoisotopic (exact) mass is 400 g/mol. The molecule has 3 aromatic rings. The number of aryl methyl sites for hydroxylation is 1. The SMILES string of the molecule is CC1CCc2c(sc3ncn(CC(=O)NC(=O)NCc4ccco4)c(=O)c23)C1. The van der Waals surface area contributed by atoms with Gasteiger partial charge in [0.25, 0.3) is 5.56 Å². The van der Waals surface area contributed by atoms with Crippen LogP contribution in [0.3, 0.4) is 0 Å². The van der Waals surface area contributed by atoms with Gasteiger partial charge in [-0.2, -0.15) is 0 Å². The van der Waals surface area contributed by atoms with Crippen LogP contribution in [0, 0.1) is 5.92 Å². The van der Waals surface area contributed by atoms with Gasteiger partial charge in [0.05, 0.1) is 24.5 Å². The van der Waals surface area contributed by atoms with E-state index in [4.69, 9.17) is 4.42 Å². The van der Waals surface area contributed by atoms with E-state index in [0.29, 0.717) is 17.1 Å². The number of hydrogen-bond acceptors (Lipinski definition) is 6. The highest BCUT2D eigenvalue weighted by molar-refractivity contribution is 7.18. The number of nitrogens with zero attached hydrogens (tertiary/aromatic N) is 2. The predicted octanol–water partition coefficient (Wildman–Crippen LogP) is 2.20. The molecule has 9 heteroatoms. The normalized spacial score (nSPS) is 16.0. The minimum atomic E-state index is -0.648. The van der Waals surface area contributed by atoms with Gasteiger partial charge in [-0.15, -0.1) is 11.3 Å². The van der Waals surface area contributed by atoms with Crippen LogP contribution in [0.5, 0.6) is 0 Å². The number of hydrogen-bond donors (Lipinski definition) is 2. The van der Waals surface area contributed by atoms with Gasteiger partial charge in [-0.25, -0.2) is 9.78 Å². The maximum Gasteiger partial charge on any atom is 0.321 e. The van der Waals surface area contributed by atoms with Crippen LogP contribution in [0.2, 0.25) is 0 Å². The number of imide groups is 1. The number of thiophene rings is 1. The van der Waals surface area contributed by atoms with Crippen LogP contribution in [0.1, 0.15) is 29.5 Å². The van der Waals surface area contributed by atoms with Gasteiger partial charge in [0.15, 0.2) is 0 Å². The Morgan fingerprint density at radius 2 is 2.29 bits per heavy atom. The number of urea groups is 1. The number of carbonyl (C=O) groups is 2. The van der Waals surface area contributed by atoms with Gasteiger partial charge >= 0.3 is 6.03 Å². The van der Waals surface area contributed by atoms with Gasteiger partial charge in [0.2, 0.25) is 5.91 Å². The molecule has 0 bridgehead atoms. The van der Waals surface area contributed by atoms with Crippen LogP contribution in [0.25, 0.3) is 10.2 Å². The summed E-state index contributed by atoms with van der Waals surface area (Å²) in [4.78, 5) is 43.2. The van der Waals surface area contributed by atoms with Gasteiger partial charge in [-0.05, 0) is 42.9 Å². The summed E-state index contributed by atoms with van der Waals surface area (Å²) in [5.41, 5.74) is 0.838. The zero-order chi connectivity index (χ0) is 19.7. The molecular formula is C19H20N4O4S. The number of amides is 3. The van der Waals surface area contributed by atoms with E-state index < -0.39 is 11.9 Å². The molecule has 146 valence electrons. The number of aromatic nitrogens is 2. The molecule has 1 aliphatic carbocycles. The molecule has 1 unspecified atom stereocenters. The highest BCUT2D eigenvalue weighted by Gasteiger charge is 2.23. The first-order valence-electron chi connectivity index (χ1n) is 9.11. The Balaban J connectivity index is 1.45. The van der Waals surface area contributed by atoms with Gasteiger partial charge in [0.1, 0.15) is 17.1 Å². The summed E-state index contributed by atoms with van der Waals surface area (Å²) in [6, 6.07) is 2.77. The molecule has 0 saturated heterocycles. The zero-order valence-corrected chi connectivity index (χ0v) is 16.2. The third kappa shape index (κ3) is 3.70. The first kappa shape index (κ1) is 18.4. The van der Waals surface area contributed by atoms with Crippen LogP contribution in [-0.2, 0) is 30.7 Å². The minimum absolute atomic E-state index is 0.166. The molecule has 3 heterocycles. The van der Waals surface area contributed by atoms with Crippen molar-refractivity contribution in [2.75, 3.05) is 0 Å². The summed E-state index contributed by atoms with van der Waals surface area (Å²) in [5.74, 6) is 0.594. The number of fused-ring (bicyclic) bond motifs is 3. The summed E-state index contributed by atoms with van der Waals surface area (Å²) in [7, 11) is 0. The van der Waals surface area contributed by atoms with Gasteiger partial charge in [0, 0.05) is 4.88 Å². The Bertz CT molecular complexity index is 1080. The summed E-state index contributed by atoms with van der Waals surface area (Å²) in [6.07, 6.45) is 5.74. The first-order chi connectivity index (χ1) is 13.5. The second-order valence-corrected chi connectivity index (χ2v) is 8.10. The van der Waals surface area contributed by atoms with E-state index in [2.05, 4.69) is 22.5 Å². The summed E-state index contributed by atoms with van der Waals surface area (Å²) < 4.78 is 6.36. The molecule has 3 amide bonds. The van der Waals surface area contributed by atoms with Crippen molar-refractivity contribution in [3.05, 3.63) is 51.3 Å². The fraction of sp³-hybridized carbons (Fsp3) is 0.368. The second-order valence-electron chi connectivity index (χ2n) is 7.02. The van der Waals surface area contributed by atoms with E-state index in [9.17, 15) is 14.4 Å². The van der Waals surface area contributed by atoms with Crippen LogP contribution >= 0.6 is 11.3 Å². The Morgan fingerprint density at radius 1 is 1.43 bits per heavy atom. The summed E-state index contributed by atoms with van der Waals surface area (Å²) in [6.45, 7) is 2.11. The Kier molecular flexibility index (Phi) is 4.99. The average Bonchev–Trinajstić information content (AvgIpc) is 3.29. The maximum absolute atomic E-state index is 12.9. The lowest BCUT2D eigenvalue weighted by atomic mass is 9.89. The van der Waals surface area contributed by atoms with Crippen molar-refractivity contribution in [1.82, 2.24) is 20.2 Å². The van der Waals surface area contributed by atoms with E-state index in [1.54, 1.807) is 23.5 Å². The van der Waals surface area contributed by atoms with E-state index in [0.717, 1.165) is 29.7 Å². The first-order valence-corrected chi connectivity index (χ1v) is 9.92. The van der Waals surface area contributed by atoms with Crippen molar-refractivity contribution in [3.8, 4) is 0 Å². The molecule has 0 radical (unpaired) electrons. The molecule has 1 aliphatic rings. The second kappa shape index (κ2) is 7.59. The molecular weight excluding hydrogens is 380 g/mol. The predicted molar refractivity (Wildman–Crippen MR) is 104 cm³/mol. The lowest BCUT2D eigenvalue weighted by Crippen LogP contribution is -2.41. The van der Waals surface area contributed by atoms with Crippen molar-refractivity contribution in [2.45, 2.75) is 39.3 Å². The van der Waals surface area contributed by atoms with E-state index in [-0.39, 0.29) is 18.6 Å². The largest absolute Gasteiger partial charge is 0.467 e. The van der Waals surface area contributed by atoms with Crippen molar-refractivity contribution >= 4 is 33.5 Å². The molecule has 0 saturated carbocycles. The minimum Gasteiger partial charge on any atom is -0.467 e. The summed E-state index contributed by atoms with van der Waals surface area (Å²) >= 11 is 1.56. The van der Waals surface area contributed by atoms with Crippen LogP contribution < -0.4 is 16.2 Å². The quantitative estimate of drug-likeness (QED) is 0.698. The van der Waals surface area contributed by atoms with Crippen LogP contribution in [0.4, 0.5) is 4.79 Å². The summed E-state index contributed by atoms with van der Waals surface area (Å²) in [5, 5.41) is 5.35. The van der Waals surface area contributed by atoms with Crippen LogP contribution in [-0.4, -0.2) is 21.5 Å². The molecule has 0 aromatic carbocycles. The molecule has 2 N–H and O–H groups in total. The highest BCUT2D eigenvalue weighted by Crippen LogP contribution is 2.35. The number of nitrogens with one attached hydrogen (secondary N) is 2. The Hall–Kier alpha value is -2.94. The van der Waals surface area contributed by atoms with E-state index >= 15 is 0 Å². The van der Waals surface area contributed by atoms with Gasteiger partial charge in [-0.1, -0.05) is 6.92 Å². The number of carbonyl (C=O) groups excluding carboxylic acids is 2. The molecule has 4 rings (SSSR count). The third-order valence-corrected chi connectivity index (χ3v) is 6.01. The highest BCUT2D eigenvalue weighted by atomic mass is 32.1. The lowest BCUT2D eigenvalue weighted by Gasteiger charge is -2.17. The average molecular weight is 400 g/mol. The fourth-order valence-electron chi connectivity index (χ4n) is 3.42. The van der Waals surface area contributed by atoms with Crippen molar-refractivity contribution in [3.63, 3.8) is 0 Å². The van der Waals surface area contributed by atoms with Gasteiger partial charge < -0.3 is 9.73 Å². The number of furan rings is 1. The molecule has 1 atom stereocenters. The van der Waals surface area contributed by atoms with Crippen molar-refractivity contribution < 1.29 is 14.0 Å². The number of rotatable bonds is 4. The third-order valence-electron chi connectivity index (χ3n) is 4.85. The fourth-order valence-corrected chi connectivity index (χ4v) is 4.77. The smallest absolute Gasteiger partial charge is 0.321 e. The Labute approximate surface area is 164 Å². The standard InChI is InChI=1S/C19H20N4O4S/c1-11-4-5-13-14(7-11)28-17-16(13)18(25)23(10-21-17)9-15(24)22-19(26)20-8-12-3-2-6-27-12/h2-3,6,10-11H,4-5,7-9H2,1H3,(H2,20,22,24,26). The topological polar surface area (TPSA) is 106 Å².